The molecule has 0 aliphatic heterocycles. The van der Waals surface area contributed by atoms with E-state index in [1.54, 1.807) is 7.05 Å². The maximum Gasteiger partial charge on any atom is 0.410 e. The molecule has 0 unspecified atom stereocenters. The first-order valence-electron chi connectivity index (χ1n) is 6.51. The molecule has 0 heterocycles. The normalized spacial score (nSPS) is 21.9. The van der Waals surface area contributed by atoms with Crippen LogP contribution in [-0.2, 0) is 11.2 Å². The molecule has 2 rings (SSSR count). The zero-order valence-corrected chi connectivity index (χ0v) is 11.9. The Kier molecular flexibility index (Phi) is 3.54. The van der Waals surface area contributed by atoms with Crippen LogP contribution in [0.2, 0.25) is 0 Å². The molecule has 1 aliphatic carbocycles. The van der Waals surface area contributed by atoms with E-state index in [-0.39, 0.29) is 6.04 Å². The van der Waals surface area contributed by atoms with Gasteiger partial charge in [0.2, 0.25) is 0 Å². The van der Waals surface area contributed by atoms with Crippen LogP contribution in [-0.4, -0.2) is 34.9 Å². The number of amides is 1. The summed E-state index contributed by atoms with van der Waals surface area (Å²) in [5.41, 5.74) is 1.56. The van der Waals surface area contributed by atoms with Crippen molar-refractivity contribution in [1.29, 1.82) is 0 Å². The molecular formula is C15H21NO3. The molecule has 1 N–H and O–H groups in total. The number of ether oxygens (including phenoxy) is 1. The van der Waals surface area contributed by atoms with Crippen molar-refractivity contribution in [3.05, 3.63) is 35.4 Å². The number of carbonyl (C=O) groups excluding carboxylic acids is 1. The van der Waals surface area contributed by atoms with Crippen molar-refractivity contribution in [1.82, 2.24) is 4.90 Å². The molecule has 104 valence electrons. The number of carbonyl (C=O) groups is 1. The van der Waals surface area contributed by atoms with Gasteiger partial charge in [-0.25, -0.2) is 4.79 Å². The lowest BCUT2D eigenvalue weighted by molar-refractivity contribution is 0.00532. The van der Waals surface area contributed by atoms with E-state index in [4.69, 9.17) is 4.74 Å². The Morgan fingerprint density at radius 1 is 1.37 bits per heavy atom. The zero-order chi connectivity index (χ0) is 14.2. The molecule has 0 aromatic heterocycles. The summed E-state index contributed by atoms with van der Waals surface area (Å²) in [6, 6.07) is 7.48. The minimum atomic E-state index is -0.574. The first-order valence-corrected chi connectivity index (χ1v) is 6.51. The molecule has 0 fully saturated rings. The summed E-state index contributed by atoms with van der Waals surface area (Å²) in [5, 5.41) is 10.2. The van der Waals surface area contributed by atoms with E-state index < -0.39 is 17.8 Å². The highest BCUT2D eigenvalue weighted by Crippen LogP contribution is 2.35. The van der Waals surface area contributed by atoms with Gasteiger partial charge in [-0.3, -0.25) is 0 Å². The molecule has 0 bridgehead atoms. The molecule has 1 aromatic carbocycles. The van der Waals surface area contributed by atoms with Gasteiger partial charge in [0.25, 0.3) is 0 Å². The highest BCUT2D eigenvalue weighted by molar-refractivity contribution is 5.69. The van der Waals surface area contributed by atoms with Crippen molar-refractivity contribution in [2.45, 2.75) is 44.9 Å². The standard InChI is InChI=1S/C15H21NO3/c1-15(2,3)19-14(18)16(4)13-11-8-6-5-7-10(11)9-12(13)17/h5-8,12-13,17H,9H2,1-4H3/t12-,13+/m1/s1. The van der Waals surface area contributed by atoms with Crippen molar-refractivity contribution >= 4 is 6.09 Å². The van der Waals surface area contributed by atoms with Crippen LogP contribution in [0.1, 0.15) is 37.9 Å². The molecule has 1 aliphatic rings. The molecule has 0 radical (unpaired) electrons. The quantitative estimate of drug-likeness (QED) is 0.847. The third-order valence-corrected chi connectivity index (χ3v) is 3.27. The molecule has 1 amide bonds. The third kappa shape index (κ3) is 2.89. The lowest BCUT2D eigenvalue weighted by Gasteiger charge is -2.30. The van der Waals surface area contributed by atoms with Crippen LogP contribution in [0, 0.1) is 0 Å². The SMILES string of the molecule is CN(C(=O)OC(C)(C)C)[C@H]1c2ccccc2C[C@H]1O. The minimum absolute atomic E-state index is 0.328. The summed E-state index contributed by atoms with van der Waals surface area (Å²) < 4.78 is 5.35. The number of nitrogens with zero attached hydrogens (tertiary/aromatic N) is 1. The molecule has 0 saturated heterocycles. The van der Waals surface area contributed by atoms with E-state index in [9.17, 15) is 9.90 Å². The Balaban J connectivity index is 2.20. The van der Waals surface area contributed by atoms with Gasteiger partial charge in [-0.15, -0.1) is 0 Å². The number of fused-ring (bicyclic) bond motifs is 1. The topological polar surface area (TPSA) is 49.8 Å². The van der Waals surface area contributed by atoms with Crippen LogP contribution in [0.3, 0.4) is 0 Å². The largest absolute Gasteiger partial charge is 0.444 e. The number of hydrogen-bond acceptors (Lipinski definition) is 3. The van der Waals surface area contributed by atoms with E-state index in [2.05, 4.69) is 0 Å². The number of benzene rings is 1. The zero-order valence-electron chi connectivity index (χ0n) is 11.9. The number of aliphatic hydroxyl groups excluding tert-OH is 1. The number of likely N-dealkylation sites (N-methyl/N-ethyl adjacent to an activating group) is 1. The summed E-state index contributed by atoms with van der Waals surface area (Å²) in [6.45, 7) is 5.49. The second-order valence-corrected chi connectivity index (χ2v) is 6.01. The van der Waals surface area contributed by atoms with Gasteiger partial charge in [0.05, 0.1) is 12.1 Å². The predicted molar refractivity (Wildman–Crippen MR) is 72.9 cm³/mol. The summed E-state index contributed by atoms with van der Waals surface area (Å²) in [6.07, 6.45) is -0.406. The van der Waals surface area contributed by atoms with Gasteiger partial charge in [0.15, 0.2) is 0 Å². The summed E-state index contributed by atoms with van der Waals surface area (Å²) in [7, 11) is 1.67. The van der Waals surface area contributed by atoms with Gasteiger partial charge in [-0.2, -0.15) is 0 Å². The van der Waals surface area contributed by atoms with E-state index in [0.29, 0.717) is 6.42 Å². The van der Waals surface area contributed by atoms with E-state index in [0.717, 1.165) is 11.1 Å². The van der Waals surface area contributed by atoms with Gasteiger partial charge >= 0.3 is 6.09 Å². The predicted octanol–water partition coefficient (Wildman–Crippen LogP) is 2.51. The van der Waals surface area contributed by atoms with Crippen molar-refractivity contribution in [3.8, 4) is 0 Å². The summed E-state index contributed by atoms with van der Waals surface area (Å²) >= 11 is 0. The van der Waals surface area contributed by atoms with Crippen LogP contribution in [0.4, 0.5) is 4.79 Å². The fraction of sp³-hybridized carbons (Fsp3) is 0.533. The molecule has 4 heteroatoms. The Labute approximate surface area is 114 Å². The van der Waals surface area contributed by atoms with Gasteiger partial charge in [0, 0.05) is 13.5 Å². The van der Waals surface area contributed by atoms with Crippen molar-refractivity contribution in [2.75, 3.05) is 7.05 Å². The van der Waals surface area contributed by atoms with Crippen LogP contribution in [0.25, 0.3) is 0 Å². The second kappa shape index (κ2) is 4.85. The Hall–Kier alpha value is -1.55. The summed E-state index contributed by atoms with van der Waals surface area (Å²) in [4.78, 5) is 13.6. The minimum Gasteiger partial charge on any atom is -0.444 e. The number of aliphatic hydroxyl groups is 1. The molecule has 1 aromatic rings. The maximum absolute atomic E-state index is 12.1. The van der Waals surface area contributed by atoms with Crippen LogP contribution in [0.15, 0.2) is 24.3 Å². The molecular weight excluding hydrogens is 242 g/mol. The molecule has 0 saturated carbocycles. The highest BCUT2D eigenvalue weighted by atomic mass is 16.6. The van der Waals surface area contributed by atoms with Gasteiger partial charge in [0.1, 0.15) is 5.60 Å². The van der Waals surface area contributed by atoms with Crippen molar-refractivity contribution < 1.29 is 14.6 Å². The highest BCUT2D eigenvalue weighted by Gasteiger charge is 2.37. The Morgan fingerprint density at radius 2 is 2.00 bits per heavy atom. The molecule has 4 nitrogen and oxygen atoms in total. The van der Waals surface area contributed by atoms with Crippen molar-refractivity contribution in [3.63, 3.8) is 0 Å². The Morgan fingerprint density at radius 3 is 2.63 bits per heavy atom. The number of hydrogen-bond donors (Lipinski definition) is 1. The summed E-state index contributed by atoms with van der Waals surface area (Å²) in [5.74, 6) is 0. The Bertz CT molecular complexity index is 479. The van der Waals surface area contributed by atoms with Gasteiger partial charge in [-0.1, -0.05) is 24.3 Å². The maximum atomic E-state index is 12.1. The average molecular weight is 263 g/mol. The monoisotopic (exact) mass is 263 g/mol. The first kappa shape index (κ1) is 13.9. The van der Waals surface area contributed by atoms with E-state index >= 15 is 0 Å². The van der Waals surface area contributed by atoms with Crippen LogP contribution in [0.5, 0.6) is 0 Å². The van der Waals surface area contributed by atoms with E-state index in [1.165, 1.54) is 4.90 Å². The lowest BCUT2D eigenvalue weighted by atomic mass is 10.1. The van der Waals surface area contributed by atoms with E-state index in [1.807, 2.05) is 45.0 Å². The fourth-order valence-electron chi connectivity index (χ4n) is 2.47. The van der Waals surface area contributed by atoms with Gasteiger partial charge < -0.3 is 14.7 Å². The molecule has 0 spiro atoms. The van der Waals surface area contributed by atoms with Crippen LogP contribution < -0.4 is 0 Å². The number of rotatable bonds is 1. The first-order chi connectivity index (χ1) is 8.79. The molecule has 2 atom stereocenters. The molecule has 19 heavy (non-hydrogen) atoms. The van der Waals surface area contributed by atoms with Gasteiger partial charge in [-0.05, 0) is 31.9 Å². The van der Waals surface area contributed by atoms with Crippen molar-refractivity contribution in [2.24, 2.45) is 0 Å². The van der Waals surface area contributed by atoms with Crippen LogP contribution >= 0.6 is 0 Å². The smallest absolute Gasteiger partial charge is 0.410 e. The second-order valence-electron chi connectivity index (χ2n) is 6.01. The average Bonchev–Trinajstić information content (AvgIpc) is 2.61. The fourth-order valence-corrected chi connectivity index (χ4v) is 2.47. The lowest BCUT2D eigenvalue weighted by Crippen LogP contribution is -2.39. The third-order valence-electron chi connectivity index (χ3n) is 3.27.